The number of rotatable bonds is 4. The van der Waals surface area contributed by atoms with Gasteiger partial charge in [0.15, 0.2) is 0 Å². The topological polar surface area (TPSA) is 20.3 Å². The Kier molecular flexibility index (Phi) is 5.21. The van der Waals surface area contributed by atoms with Crippen molar-refractivity contribution in [3.05, 3.63) is 64.7 Å². The minimum Gasteiger partial charge on any atom is -0.314 e. The zero-order valence-electron chi connectivity index (χ0n) is 11.1. The van der Waals surface area contributed by atoms with Gasteiger partial charge in [-0.15, -0.1) is 0 Å². The summed E-state index contributed by atoms with van der Waals surface area (Å²) in [5.74, 6) is 0.0154. The van der Waals surface area contributed by atoms with Gasteiger partial charge < -0.3 is 4.90 Å². The molecule has 0 fully saturated rings. The lowest BCUT2D eigenvalue weighted by molar-refractivity contribution is -0.115. The van der Waals surface area contributed by atoms with Crippen molar-refractivity contribution in [2.45, 2.75) is 6.42 Å². The lowest BCUT2D eigenvalue weighted by Crippen LogP contribution is -2.28. The van der Waals surface area contributed by atoms with Crippen molar-refractivity contribution < 1.29 is 4.79 Å². The SMILES string of the molecule is CN(C(=O)CBr)c1ccc(Cl)cc1Cc1ccccc1. The van der Waals surface area contributed by atoms with Crippen LogP contribution in [0, 0.1) is 0 Å². The Balaban J connectivity index is 2.36. The fraction of sp³-hybridized carbons (Fsp3) is 0.188. The van der Waals surface area contributed by atoms with Crippen LogP contribution in [-0.2, 0) is 11.2 Å². The van der Waals surface area contributed by atoms with Crippen LogP contribution in [0.5, 0.6) is 0 Å². The summed E-state index contributed by atoms with van der Waals surface area (Å²) in [6.07, 6.45) is 0.747. The lowest BCUT2D eigenvalue weighted by atomic mass is 10.0. The highest BCUT2D eigenvalue weighted by Crippen LogP contribution is 2.26. The second-order valence-electron chi connectivity index (χ2n) is 4.52. The van der Waals surface area contributed by atoms with Crippen molar-refractivity contribution in [3.63, 3.8) is 0 Å². The number of nitrogens with zero attached hydrogens (tertiary/aromatic N) is 1. The standard InChI is InChI=1S/C16H15BrClNO/c1-19(16(20)11-17)15-8-7-14(18)10-13(15)9-12-5-3-2-4-6-12/h2-8,10H,9,11H2,1H3. The summed E-state index contributed by atoms with van der Waals surface area (Å²) < 4.78 is 0. The molecule has 0 aliphatic heterocycles. The second-order valence-corrected chi connectivity index (χ2v) is 5.52. The minimum absolute atomic E-state index is 0.0154. The number of amides is 1. The molecule has 20 heavy (non-hydrogen) atoms. The van der Waals surface area contributed by atoms with Crippen molar-refractivity contribution in [2.24, 2.45) is 0 Å². The van der Waals surface area contributed by atoms with E-state index in [2.05, 4.69) is 28.1 Å². The number of alkyl halides is 1. The number of hydrogen-bond acceptors (Lipinski definition) is 1. The molecule has 2 nitrogen and oxygen atoms in total. The maximum atomic E-state index is 11.8. The zero-order chi connectivity index (χ0) is 14.5. The van der Waals surface area contributed by atoms with Crippen molar-refractivity contribution in [1.82, 2.24) is 0 Å². The fourth-order valence-electron chi connectivity index (χ4n) is 2.06. The number of carbonyl (C=O) groups is 1. The minimum atomic E-state index is 0.0154. The summed E-state index contributed by atoms with van der Waals surface area (Å²) in [6, 6.07) is 15.8. The number of halogens is 2. The maximum Gasteiger partial charge on any atom is 0.237 e. The number of anilines is 1. The zero-order valence-corrected chi connectivity index (χ0v) is 13.5. The first-order chi connectivity index (χ1) is 9.61. The molecular weight excluding hydrogens is 338 g/mol. The predicted molar refractivity (Wildman–Crippen MR) is 87.9 cm³/mol. The Morgan fingerprint density at radius 3 is 2.55 bits per heavy atom. The lowest BCUT2D eigenvalue weighted by Gasteiger charge is -2.20. The molecule has 0 aromatic heterocycles. The van der Waals surface area contributed by atoms with Gasteiger partial charge in [-0.25, -0.2) is 0 Å². The molecule has 104 valence electrons. The smallest absolute Gasteiger partial charge is 0.237 e. The molecule has 0 saturated heterocycles. The van der Waals surface area contributed by atoms with Crippen molar-refractivity contribution >= 4 is 39.1 Å². The van der Waals surface area contributed by atoms with Crippen LogP contribution in [0.1, 0.15) is 11.1 Å². The highest BCUT2D eigenvalue weighted by Gasteiger charge is 2.14. The van der Waals surface area contributed by atoms with Gasteiger partial charge in [-0.3, -0.25) is 4.79 Å². The monoisotopic (exact) mass is 351 g/mol. The Hall–Kier alpha value is -1.32. The molecule has 0 unspecified atom stereocenters. The number of carbonyl (C=O) groups excluding carboxylic acids is 1. The molecule has 0 aliphatic rings. The van der Waals surface area contributed by atoms with E-state index in [0.717, 1.165) is 17.7 Å². The van der Waals surface area contributed by atoms with Gasteiger partial charge in [0.25, 0.3) is 0 Å². The third kappa shape index (κ3) is 3.62. The summed E-state index contributed by atoms with van der Waals surface area (Å²) in [5, 5.41) is 0.982. The summed E-state index contributed by atoms with van der Waals surface area (Å²) in [4.78, 5) is 13.5. The van der Waals surface area contributed by atoms with Crippen molar-refractivity contribution in [2.75, 3.05) is 17.3 Å². The van der Waals surface area contributed by atoms with Crippen LogP contribution in [0.25, 0.3) is 0 Å². The molecule has 0 bridgehead atoms. The summed E-state index contributed by atoms with van der Waals surface area (Å²) in [7, 11) is 1.78. The van der Waals surface area contributed by atoms with Crippen LogP contribution < -0.4 is 4.90 Å². The van der Waals surface area contributed by atoms with Gasteiger partial charge in [0.05, 0.1) is 5.33 Å². The Morgan fingerprint density at radius 2 is 1.90 bits per heavy atom. The Morgan fingerprint density at radius 1 is 1.20 bits per heavy atom. The van der Waals surface area contributed by atoms with E-state index in [1.807, 2.05) is 36.4 Å². The summed E-state index contributed by atoms with van der Waals surface area (Å²) in [5.41, 5.74) is 3.12. The highest BCUT2D eigenvalue weighted by molar-refractivity contribution is 9.09. The molecule has 1 amide bonds. The molecule has 0 N–H and O–H groups in total. The van der Waals surface area contributed by atoms with E-state index >= 15 is 0 Å². The molecule has 2 rings (SSSR count). The Labute approximate surface area is 132 Å². The van der Waals surface area contributed by atoms with Crippen molar-refractivity contribution in [3.8, 4) is 0 Å². The number of benzene rings is 2. The van der Waals surface area contributed by atoms with E-state index < -0.39 is 0 Å². The van der Waals surface area contributed by atoms with Gasteiger partial charge in [-0.05, 0) is 35.7 Å². The average molecular weight is 353 g/mol. The molecule has 0 atom stereocenters. The van der Waals surface area contributed by atoms with Gasteiger partial charge in [0.2, 0.25) is 5.91 Å². The van der Waals surface area contributed by atoms with E-state index in [9.17, 15) is 4.79 Å². The normalized spacial score (nSPS) is 10.3. The highest BCUT2D eigenvalue weighted by atomic mass is 79.9. The van der Waals surface area contributed by atoms with E-state index in [0.29, 0.717) is 10.4 Å². The van der Waals surface area contributed by atoms with Gasteiger partial charge in [0, 0.05) is 17.8 Å². The molecule has 4 heteroatoms. The van der Waals surface area contributed by atoms with Crippen LogP contribution in [0.4, 0.5) is 5.69 Å². The third-order valence-corrected chi connectivity index (χ3v) is 3.84. The van der Waals surface area contributed by atoms with Gasteiger partial charge >= 0.3 is 0 Å². The van der Waals surface area contributed by atoms with Gasteiger partial charge in [-0.1, -0.05) is 57.9 Å². The molecular formula is C16H15BrClNO. The molecule has 0 aliphatic carbocycles. The third-order valence-electron chi connectivity index (χ3n) is 3.13. The van der Waals surface area contributed by atoms with Crippen LogP contribution in [0.2, 0.25) is 5.02 Å². The van der Waals surface area contributed by atoms with E-state index in [1.54, 1.807) is 11.9 Å². The molecule has 0 radical (unpaired) electrons. The van der Waals surface area contributed by atoms with E-state index in [1.165, 1.54) is 5.56 Å². The van der Waals surface area contributed by atoms with Crippen LogP contribution in [0.3, 0.4) is 0 Å². The molecule has 0 saturated carbocycles. The van der Waals surface area contributed by atoms with E-state index in [-0.39, 0.29) is 5.91 Å². The van der Waals surface area contributed by atoms with E-state index in [4.69, 9.17) is 11.6 Å². The quantitative estimate of drug-likeness (QED) is 0.752. The summed E-state index contributed by atoms with van der Waals surface area (Å²) >= 11 is 9.29. The molecule has 2 aromatic carbocycles. The second kappa shape index (κ2) is 6.91. The number of hydrogen-bond donors (Lipinski definition) is 0. The average Bonchev–Trinajstić information content (AvgIpc) is 2.47. The van der Waals surface area contributed by atoms with Crippen molar-refractivity contribution in [1.29, 1.82) is 0 Å². The van der Waals surface area contributed by atoms with Crippen LogP contribution in [-0.4, -0.2) is 18.3 Å². The fourth-order valence-corrected chi connectivity index (χ4v) is 2.63. The molecule has 0 heterocycles. The first kappa shape index (κ1) is 15.1. The molecule has 0 spiro atoms. The summed E-state index contributed by atoms with van der Waals surface area (Å²) in [6.45, 7) is 0. The predicted octanol–water partition coefficient (Wildman–Crippen LogP) is 4.29. The first-order valence-corrected chi connectivity index (χ1v) is 7.76. The maximum absolute atomic E-state index is 11.8. The largest absolute Gasteiger partial charge is 0.314 e. The first-order valence-electron chi connectivity index (χ1n) is 6.26. The van der Waals surface area contributed by atoms with Gasteiger partial charge in [-0.2, -0.15) is 0 Å². The van der Waals surface area contributed by atoms with Crippen LogP contribution in [0.15, 0.2) is 48.5 Å². The Bertz CT molecular complexity index is 601. The van der Waals surface area contributed by atoms with Crippen LogP contribution >= 0.6 is 27.5 Å². The van der Waals surface area contributed by atoms with Gasteiger partial charge in [0.1, 0.15) is 0 Å². The molecule has 2 aromatic rings.